The molecule has 4 nitrogen and oxygen atoms in total. The van der Waals surface area contributed by atoms with E-state index in [2.05, 4.69) is 6.92 Å². The van der Waals surface area contributed by atoms with Crippen LogP contribution >= 0.6 is 0 Å². The van der Waals surface area contributed by atoms with Gasteiger partial charge < -0.3 is 10.0 Å². The fraction of sp³-hybridized carbons (Fsp3) is 0.857. The Kier molecular flexibility index (Phi) is 3.64. The van der Waals surface area contributed by atoms with E-state index >= 15 is 0 Å². The van der Waals surface area contributed by atoms with Crippen LogP contribution in [-0.4, -0.2) is 35.0 Å². The Morgan fingerprint density at radius 1 is 1.22 bits per heavy atom. The van der Waals surface area contributed by atoms with E-state index in [4.69, 9.17) is 5.11 Å². The van der Waals surface area contributed by atoms with Crippen LogP contribution < -0.4 is 0 Å². The molecular weight excluding hydrogens is 230 g/mol. The molecule has 0 atom stereocenters. The zero-order valence-electron chi connectivity index (χ0n) is 11.3. The summed E-state index contributed by atoms with van der Waals surface area (Å²) in [4.78, 5) is 25.1. The van der Waals surface area contributed by atoms with Gasteiger partial charge in [-0.15, -0.1) is 0 Å². The van der Waals surface area contributed by atoms with E-state index < -0.39 is 11.4 Å². The molecule has 0 aromatic carbocycles. The molecular formula is C14H23NO3. The average molecular weight is 253 g/mol. The molecule has 0 aliphatic heterocycles. The summed E-state index contributed by atoms with van der Waals surface area (Å²) in [5, 5.41) is 9.15. The molecule has 102 valence electrons. The van der Waals surface area contributed by atoms with Crippen molar-refractivity contribution >= 4 is 11.9 Å². The molecule has 2 fully saturated rings. The Hall–Kier alpha value is -1.06. The van der Waals surface area contributed by atoms with Gasteiger partial charge in [-0.1, -0.05) is 13.3 Å². The molecule has 2 rings (SSSR count). The average Bonchev–Trinajstić information content (AvgIpc) is 3.18. The third-order valence-electron chi connectivity index (χ3n) is 4.83. The first-order valence-electron chi connectivity index (χ1n) is 7.02. The van der Waals surface area contributed by atoms with E-state index in [0.717, 1.165) is 18.8 Å². The molecule has 0 aromatic rings. The smallest absolute Gasteiger partial charge is 0.319 e. The van der Waals surface area contributed by atoms with Crippen molar-refractivity contribution in [1.29, 1.82) is 0 Å². The predicted octanol–water partition coefficient (Wildman–Crippen LogP) is 2.28. The molecule has 0 aromatic heterocycles. The lowest BCUT2D eigenvalue weighted by Gasteiger charge is -2.35. The number of rotatable bonds is 4. The SMILES string of the molecule is CCC1CCC(N(C)C(=O)C2(C(=O)O)CC2)CC1. The van der Waals surface area contributed by atoms with Crippen LogP contribution in [0.15, 0.2) is 0 Å². The quantitative estimate of drug-likeness (QED) is 0.782. The second kappa shape index (κ2) is 4.90. The standard InChI is InChI=1S/C14H23NO3/c1-3-10-4-6-11(7-5-10)15(2)12(16)14(8-9-14)13(17)18/h10-11H,3-9H2,1-2H3,(H,17,18). The van der Waals surface area contributed by atoms with Gasteiger partial charge in [-0.25, -0.2) is 0 Å². The third kappa shape index (κ3) is 2.25. The van der Waals surface area contributed by atoms with Gasteiger partial charge in [-0.3, -0.25) is 9.59 Å². The highest BCUT2D eigenvalue weighted by molar-refractivity contribution is 6.04. The Labute approximate surface area is 108 Å². The van der Waals surface area contributed by atoms with Gasteiger partial charge in [-0.2, -0.15) is 0 Å². The van der Waals surface area contributed by atoms with Gasteiger partial charge >= 0.3 is 5.97 Å². The largest absolute Gasteiger partial charge is 0.480 e. The fourth-order valence-corrected chi connectivity index (χ4v) is 3.09. The first-order valence-corrected chi connectivity index (χ1v) is 7.02. The lowest BCUT2D eigenvalue weighted by atomic mass is 9.83. The Morgan fingerprint density at radius 3 is 2.17 bits per heavy atom. The van der Waals surface area contributed by atoms with Gasteiger partial charge in [0.1, 0.15) is 5.41 Å². The molecule has 2 aliphatic carbocycles. The Bertz CT molecular complexity index is 341. The van der Waals surface area contributed by atoms with E-state index in [9.17, 15) is 9.59 Å². The maximum atomic E-state index is 12.3. The van der Waals surface area contributed by atoms with Crippen molar-refractivity contribution in [3.8, 4) is 0 Å². The van der Waals surface area contributed by atoms with Crippen LogP contribution in [0.25, 0.3) is 0 Å². The van der Waals surface area contributed by atoms with Crippen molar-refractivity contribution < 1.29 is 14.7 Å². The van der Waals surface area contributed by atoms with Gasteiger partial charge in [0, 0.05) is 13.1 Å². The van der Waals surface area contributed by atoms with Crippen molar-refractivity contribution in [3.05, 3.63) is 0 Å². The minimum absolute atomic E-state index is 0.171. The van der Waals surface area contributed by atoms with Gasteiger partial charge in [0.2, 0.25) is 5.91 Å². The molecule has 1 N–H and O–H groups in total. The van der Waals surface area contributed by atoms with E-state index in [1.807, 2.05) is 0 Å². The molecule has 2 saturated carbocycles. The normalized spacial score (nSPS) is 29.7. The lowest BCUT2D eigenvalue weighted by molar-refractivity contribution is -0.154. The fourth-order valence-electron chi connectivity index (χ4n) is 3.09. The minimum Gasteiger partial charge on any atom is -0.480 e. The van der Waals surface area contributed by atoms with Gasteiger partial charge in [-0.05, 0) is 44.4 Å². The predicted molar refractivity (Wildman–Crippen MR) is 68.1 cm³/mol. The number of carbonyl (C=O) groups excluding carboxylic acids is 1. The molecule has 0 radical (unpaired) electrons. The lowest BCUT2D eigenvalue weighted by Crippen LogP contribution is -2.45. The number of nitrogens with zero attached hydrogens (tertiary/aromatic N) is 1. The summed E-state index contributed by atoms with van der Waals surface area (Å²) >= 11 is 0. The topological polar surface area (TPSA) is 57.6 Å². The zero-order valence-corrected chi connectivity index (χ0v) is 11.3. The third-order valence-corrected chi connectivity index (χ3v) is 4.83. The summed E-state index contributed by atoms with van der Waals surface area (Å²) < 4.78 is 0. The van der Waals surface area contributed by atoms with Gasteiger partial charge in [0.15, 0.2) is 0 Å². The summed E-state index contributed by atoms with van der Waals surface area (Å²) in [6.45, 7) is 2.21. The first-order chi connectivity index (χ1) is 8.51. The summed E-state index contributed by atoms with van der Waals surface area (Å²) in [6.07, 6.45) is 6.61. The number of carboxylic acid groups (broad SMARTS) is 1. The van der Waals surface area contributed by atoms with E-state index in [0.29, 0.717) is 12.8 Å². The molecule has 2 aliphatic rings. The van der Waals surface area contributed by atoms with Gasteiger partial charge in [0.25, 0.3) is 0 Å². The molecule has 0 bridgehead atoms. The molecule has 0 saturated heterocycles. The molecule has 0 spiro atoms. The number of hydrogen-bond donors (Lipinski definition) is 1. The Balaban J connectivity index is 1.94. The summed E-state index contributed by atoms with van der Waals surface area (Å²) in [6, 6.07) is 0.247. The molecule has 0 heterocycles. The van der Waals surface area contributed by atoms with Crippen molar-refractivity contribution in [2.75, 3.05) is 7.05 Å². The van der Waals surface area contributed by atoms with Crippen LogP contribution in [0.5, 0.6) is 0 Å². The van der Waals surface area contributed by atoms with E-state index in [-0.39, 0.29) is 11.9 Å². The molecule has 4 heteroatoms. The second-order valence-corrected chi connectivity index (χ2v) is 5.89. The summed E-state index contributed by atoms with van der Waals surface area (Å²) in [5.74, 6) is -0.323. The van der Waals surface area contributed by atoms with Crippen LogP contribution in [0.4, 0.5) is 0 Å². The first kappa shape index (κ1) is 13.4. The van der Waals surface area contributed by atoms with Crippen molar-refractivity contribution in [1.82, 2.24) is 4.90 Å². The zero-order chi connectivity index (χ0) is 13.3. The molecule has 18 heavy (non-hydrogen) atoms. The maximum Gasteiger partial charge on any atom is 0.319 e. The number of hydrogen-bond acceptors (Lipinski definition) is 2. The van der Waals surface area contributed by atoms with Crippen molar-refractivity contribution in [2.45, 2.75) is 57.9 Å². The van der Waals surface area contributed by atoms with Crippen LogP contribution in [0.1, 0.15) is 51.9 Å². The van der Waals surface area contributed by atoms with Crippen LogP contribution in [0.2, 0.25) is 0 Å². The second-order valence-electron chi connectivity index (χ2n) is 5.89. The molecule has 1 amide bonds. The van der Waals surface area contributed by atoms with E-state index in [1.165, 1.54) is 19.3 Å². The highest BCUT2D eigenvalue weighted by atomic mass is 16.4. The van der Waals surface area contributed by atoms with E-state index in [1.54, 1.807) is 11.9 Å². The number of carbonyl (C=O) groups is 2. The van der Waals surface area contributed by atoms with Crippen molar-refractivity contribution in [2.24, 2.45) is 11.3 Å². The Morgan fingerprint density at radius 2 is 1.78 bits per heavy atom. The number of amides is 1. The highest BCUT2D eigenvalue weighted by Gasteiger charge is 2.58. The monoisotopic (exact) mass is 253 g/mol. The number of aliphatic carboxylic acids is 1. The maximum absolute atomic E-state index is 12.3. The summed E-state index contributed by atoms with van der Waals surface area (Å²) in [5.41, 5.74) is -1.07. The van der Waals surface area contributed by atoms with Crippen LogP contribution in [-0.2, 0) is 9.59 Å². The summed E-state index contributed by atoms with van der Waals surface area (Å²) in [7, 11) is 1.78. The number of carboxylic acids is 1. The van der Waals surface area contributed by atoms with Crippen LogP contribution in [0, 0.1) is 11.3 Å². The van der Waals surface area contributed by atoms with Gasteiger partial charge in [0.05, 0.1) is 0 Å². The molecule has 0 unspecified atom stereocenters. The minimum atomic E-state index is -1.07. The van der Waals surface area contributed by atoms with Crippen LogP contribution in [0.3, 0.4) is 0 Å². The van der Waals surface area contributed by atoms with Crippen molar-refractivity contribution in [3.63, 3.8) is 0 Å². The highest BCUT2D eigenvalue weighted by Crippen LogP contribution is 2.48.